The van der Waals surface area contributed by atoms with Crippen LogP contribution in [0.5, 0.6) is 5.88 Å². The van der Waals surface area contributed by atoms with Crippen molar-refractivity contribution in [3.05, 3.63) is 22.2 Å². The first-order chi connectivity index (χ1) is 9.04. The molecule has 0 aliphatic heterocycles. The third-order valence-corrected chi connectivity index (χ3v) is 2.29. The van der Waals surface area contributed by atoms with Crippen molar-refractivity contribution in [3.8, 4) is 5.88 Å². The molecule has 1 aromatic rings. The smallest absolute Gasteiger partial charge is 0.311 e. The highest BCUT2D eigenvalue weighted by Crippen LogP contribution is 2.24. The Morgan fingerprint density at radius 3 is 2.84 bits per heavy atom. The molecule has 8 heteroatoms. The number of rotatable bonds is 8. The summed E-state index contributed by atoms with van der Waals surface area (Å²) in [5.74, 6) is 0.480. The Kier molecular flexibility index (Phi) is 5.97. The summed E-state index contributed by atoms with van der Waals surface area (Å²) in [4.78, 5) is 14.3. The van der Waals surface area contributed by atoms with Crippen molar-refractivity contribution in [2.45, 2.75) is 13.0 Å². The molecule has 0 aliphatic carbocycles. The number of nitro groups is 1. The summed E-state index contributed by atoms with van der Waals surface area (Å²) in [6.07, 6.45) is -0.427. The highest BCUT2D eigenvalue weighted by atomic mass is 16.6. The van der Waals surface area contributed by atoms with Gasteiger partial charge in [0.1, 0.15) is 0 Å². The summed E-state index contributed by atoms with van der Waals surface area (Å²) in [6, 6.07) is 2.78. The van der Waals surface area contributed by atoms with E-state index in [1.807, 2.05) is 0 Å². The fourth-order valence-corrected chi connectivity index (χ4v) is 1.41. The molecule has 0 fully saturated rings. The second-order valence-electron chi connectivity index (χ2n) is 3.96. The van der Waals surface area contributed by atoms with Gasteiger partial charge in [-0.2, -0.15) is 4.98 Å². The average Bonchev–Trinajstić information content (AvgIpc) is 2.37. The van der Waals surface area contributed by atoms with E-state index in [0.717, 1.165) is 0 Å². The number of anilines is 1. The molecule has 3 N–H and O–H groups in total. The number of methoxy groups -OCH3 is 1. The van der Waals surface area contributed by atoms with E-state index in [2.05, 4.69) is 15.6 Å². The minimum Gasteiger partial charge on any atom is -0.481 e. The second-order valence-corrected chi connectivity index (χ2v) is 3.96. The largest absolute Gasteiger partial charge is 0.481 e. The van der Waals surface area contributed by atoms with Gasteiger partial charge in [0.25, 0.3) is 0 Å². The van der Waals surface area contributed by atoms with Crippen molar-refractivity contribution in [2.24, 2.45) is 0 Å². The van der Waals surface area contributed by atoms with Gasteiger partial charge in [-0.15, -0.1) is 0 Å². The van der Waals surface area contributed by atoms with Gasteiger partial charge in [-0.3, -0.25) is 10.1 Å². The van der Waals surface area contributed by atoms with Crippen LogP contribution >= 0.6 is 0 Å². The van der Waals surface area contributed by atoms with Gasteiger partial charge in [-0.25, -0.2) is 0 Å². The first-order valence-electron chi connectivity index (χ1n) is 5.86. The molecule has 106 valence electrons. The van der Waals surface area contributed by atoms with Gasteiger partial charge in [0, 0.05) is 31.8 Å². The van der Waals surface area contributed by atoms with Crippen LogP contribution in [0.25, 0.3) is 0 Å². The van der Waals surface area contributed by atoms with E-state index in [1.54, 1.807) is 6.92 Å². The lowest BCUT2D eigenvalue weighted by Gasteiger charge is -2.09. The van der Waals surface area contributed by atoms with Crippen LogP contribution in [0.15, 0.2) is 12.1 Å². The topological polar surface area (TPSA) is 110 Å². The molecule has 0 amide bonds. The molecule has 1 atom stereocenters. The van der Waals surface area contributed by atoms with E-state index in [4.69, 9.17) is 9.84 Å². The maximum Gasteiger partial charge on any atom is 0.311 e. The lowest BCUT2D eigenvalue weighted by Crippen LogP contribution is -2.29. The summed E-state index contributed by atoms with van der Waals surface area (Å²) < 4.78 is 4.93. The summed E-state index contributed by atoms with van der Waals surface area (Å²) in [6.45, 7) is 3.15. The molecule has 19 heavy (non-hydrogen) atoms. The third-order valence-electron chi connectivity index (χ3n) is 2.29. The van der Waals surface area contributed by atoms with Crippen LogP contribution in [-0.4, -0.2) is 47.9 Å². The molecule has 1 rings (SSSR count). The van der Waals surface area contributed by atoms with Gasteiger partial charge in [0.2, 0.25) is 11.7 Å². The average molecular weight is 270 g/mol. The minimum atomic E-state index is -0.502. The second kappa shape index (κ2) is 7.49. The van der Waals surface area contributed by atoms with Crippen molar-refractivity contribution >= 4 is 11.5 Å². The maximum atomic E-state index is 10.8. The zero-order valence-electron chi connectivity index (χ0n) is 10.9. The van der Waals surface area contributed by atoms with Crippen molar-refractivity contribution in [1.29, 1.82) is 0 Å². The summed E-state index contributed by atoms with van der Waals surface area (Å²) in [5.41, 5.74) is -0.101. The molecule has 0 radical (unpaired) electrons. The van der Waals surface area contributed by atoms with Crippen LogP contribution < -0.4 is 15.4 Å². The summed E-state index contributed by atoms with van der Waals surface area (Å²) >= 11 is 0. The van der Waals surface area contributed by atoms with Crippen molar-refractivity contribution in [3.63, 3.8) is 0 Å². The molecule has 8 nitrogen and oxygen atoms in total. The number of ether oxygens (including phenoxy) is 1. The Bertz CT molecular complexity index is 425. The van der Waals surface area contributed by atoms with Gasteiger partial charge in [0.05, 0.1) is 18.1 Å². The lowest BCUT2D eigenvalue weighted by molar-refractivity contribution is -0.384. The van der Waals surface area contributed by atoms with E-state index in [-0.39, 0.29) is 11.5 Å². The van der Waals surface area contributed by atoms with E-state index in [1.165, 1.54) is 19.2 Å². The Labute approximate surface area is 111 Å². The van der Waals surface area contributed by atoms with Crippen molar-refractivity contribution < 1.29 is 14.8 Å². The first-order valence-corrected chi connectivity index (χ1v) is 5.86. The third kappa shape index (κ3) is 5.06. The van der Waals surface area contributed by atoms with Crippen molar-refractivity contribution in [2.75, 3.05) is 32.1 Å². The van der Waals surface area contributed by atoms with Crippen LogP contribution in [0, 0.1) is 10.1 Å². The molecule has 0 saturated heterocycles. The molecule has 0 saturated carbocycles. The van der Waals surface area contributed by atoms with Gasteiger partial charge >= 0.3 is 5.69 Å². The number of hydrogen-bond donors (Lipinski definition) is 3. The van der Waals surface area contributed by atoms with Gasteiger partial charge in [0.15, 0.2) is 0 Å². The fraction of sp³-hybridized carbons (Fsp3) is 0.545. The van der Waals surface area contributed by atoms with Gasteiger partial charge in [-0.1, -0.05) is 0 Å². The Morgan fingerprint density at radius 1 is 1.53 bits per heavy atom. The molecule has 1 unspecified atom stereocenters. The summed E-state index contributed by atoms with van der Waals surface area (Å²) in [5, 5.41) is 25.7. The number of hydrogen-bond acceptors (Lipinski definition) is 7. The predicted molar refractivity (Wildman–Crippen MR) is 70.5 cm³/mol. The van der Waals surface area contributed by atoms with E-state index in [9.17, 15) is 10.1 Å². The molecule has 1 aromatic heterocycles. The number of nitrogens with one attached hydrogen (secondary N) is 2. The molecular formula is C11H18N4O4. The first kappa shape index (κ1) is 15.1. The number of aromatic nitrogens is 1. The van der Waals surface area contributed by atoms with E-state index < -0.39 is 11.0 Å². The minimum absolute atomic E-state index is 0.101. The number of nitrogens with zero attached hydrogens (tertiary/aromatic N) is 2. The molecule has 0 bridgehead atoms. The van der Waals surface area contributed by atoms with Crippen LogP contribution in [-0.2, 0) is 0 Å². The predicted octanol–water partition coefficient (Wildman–Crippen LogP) is 0.381. The van der Waals surface area contributed by atoms with Gasteiger partial charge in [-0.05, 0) is 6.92 Å². The normalized spacial score (nSPS) is 11.9. The molecule has 0 spiro atoms. The van der Waals surface area contributed by atoms with Crippen molar-refractivity contribution in [1.82, 2.24) is 10.3 Å². The van der Waals surface area contributed by atoms with Crippen LogP contribution in [0.3, 0.4) is 0 Å². The van der Waals surface area contributed by atoms with Gasteiger partial charge < -0.3 is 20.5 Å². The highest BCUT2D eigenvalue weighted by molar-refractivity contribution is 5.56. The Hall–Kier alpha value is -1.93. The zero-order valence-corrected chi connectivity index (χ0v) is 10.9. The number of aliphatic hydroxyl groups excluding tert-OH is 1. The lowest BCUT2D eigenvalue weighted by atomic mass is 10.3. The highest BCUT2D eigenvalue weighted by Gasteiger charge is 2.15. The molecule has 1 heterocycles. The maximum absolute atomic E-state index is 10.8. The van der Waals surface area contributed by atoms with Crippen LogP contribution in [0.4, 0.5) is 11.5 Å². The Balaban J connectivity index is 2.57. The summed E-state index contributed by atoms with van der Waals surface area (Å²) in [7, 11) is 1.45. The molecule has 0 aliphatic rings. The zero-order chi connectivity index (χ0) is 14.3. The molecular weight excluding hydrogens is 252 g/mol. The van der Waals surface area contributed by atoms with E-state index in [0.29, 0.717) is 25.5 Å². The van der Waals surface area contributed by atoms with Crippen LogP contribution in [0.2, 0.25) is 0 Å². The standard InChI is InChI=1S/C11H18N4O4/c1-8(16)7-12-5-6-13-11-9(15(17)18)3-4-10(14-11)19-2/h3-4,8,12,16H,5-7H2,1-2H3,(H,13,14). The fourth-order valence-electron chi connectivity index (χ4n) is 1.41. The van der Waals surface area contributed by atoms with Crippen LogP contribution in [0.1, 0.15) is 6.92 Å². The number of aliphatic hydroxyl groups is 1. The monoisotopic (exact) mass is 270 g/mol. The van der Waals surface area contributed by atoms with E-state index >= 15 is 0 Å². The quantitative estimate of drug-likeness (QED) is 0.356. The Morgan fingerprint density at radius 2 is 2.26 bits per heavy atom. The SMILES string of the molecule is COc1ccc([N+](=O)[O-])c(NCCNCC(C)O)n1. The molecule has 0 aromatic carbocycles. The number of pyridine rings is 1.